The molecule has 0 spiro atoms. The minimum atomic E-state index is -1.01. The minimum absolute atomic E-state index is 0.0257. The van der Waals surface area contributed by atoms with Crippen LogP contribution in [0, 0.1) is 56.7 Å². The van der Waals surface area contributed by atoms with E-state index in [0.717, 1.165) is 25.7 Å². The molecule has 0 aromatic rings. The van der Waals surface area contributed by atoms with Crippen LogP contribution in [0.25, 0.3) is 0 Å². The Kier molecular flexibility index (Phi) is 5.72. The van der Waals surface area contributed by atoms with Gasteiger partial charge in [0.1, 0.15) is 5.41 Å². The SMILES string of the molecule is COC(=O)[C@@]1(C)/C(=N/O)CC[C@@]2(C)C1CC[C@]1(C)C2C(=O)C=C2C3[C@@H](C)[C@H](C)CC[C@]3(C)CC[C@]21C. The summed E-state index contributed by atoms with van der Waals surface area (Å²) in [6.45, 7) is 16.3. The number of nitrogens with zero attached hydrogens (tertiary/aromatic N) is 1. The summed E-state index contributed by atoms with van der Waals surface area (Å²) in [5.74, 6) is 1.39. The third kappa shape index (κ3) is 2.92. The van der Waals surface area contributed by atoms with Crippen LogP contribution in [0.15, 0.2) is 16.8 Å². The first kappa shape index (κ1) is 26.0. The minimum Gasteiger partial charge on any atom is -0.468 e. The summed E-state index contributed by atoms with van der Waals surface area (Å²) in [7, 11) is 1.41. The average molecular weight is 498 g/mol. The van der Waals surface area contributed by atoms with Crippen LogP contribution >= 0.6 is 0 Å². The van der Waals surface area contributed by atoms with Gasteiger partial charge in [-0.25, -0.2) is 0 Å². The second kappa shape index (κ2) is 7.93. The maximum atomic E-state index is 14.4. The molecule has 36 heavy (non-hydrogen) atoms. The largest absolute Gasteiger partial charge is 0.468 e. The van der Waals surface area contributed by atoms with E-state index in [1.165, 1.54) is 31.9 Å². The second-order valence-corrected chi connectivity index (χ2v) is 14.5. The summed E-state index contributed by atoms with van der Waals surface area (Å²) < 4.78 is 5.28. The first-order valence-electron chi connectivity index (χ1n) is 14.3. The number of carbonyl (C=O) groups is 2. The molecule has 5 aliphatic carbocycles. The lowest BCUT2D eigenvalue weighted by molar-refractivity contribution is -0.185. The Morgan fingerprint density at radius 1 is 1.03 bits per heavy atom. The van der Waals surface area contributed by atoms with Gasteiger partial charge in [0.25, 0.3) is 0 Å². The molecule has 10 atom stereocenters. The summed E-state index contributed by atoms with van der Waals surface area (Å²) >= 11 is 0. The third-order valence-electron chi connectivity index (χ3n) is 13.3. The number of carbonyl (C=O) groups excluding carboxylic acids is 2. The number of oxime groups is 1. The third-order valence-corrected chi connectivity index (χ3v) is 13.3. The van der Waals surface area contributed by atoms with Crippen molar-refractivity contribution in [2.75, 3.05) is 7.11 Å². The predicted octanol–water partition coefficient (Wildman–Crippen LogP) is 6.83. The topological polar surface area (TPSA) is 76.0 Å². The Balaban J connectivity index is 1.65. The van der Waals surface area contributed by atoms with E-state index in [1.807, 2.05) is 6.92 Å². The Bertz CT molecular complexity index is 1050. The van der Waals surface area contributed by atoms with Crippen LogP contribution in [0.3, 0.4) is 0 Å². The normalized spacial score (nSPS) is 53.4. The first-order valence-corrected chi connectivity index (χ1v) is 14.3. The van der Waals surface area contributed by atoms with Crippen molar-refractivity contribution in [3.05, 3.63) is 11.6 Å². The molecule has 4 fully saturated rings. The van der Waals surface area contributed by atoms with Crippen LogP contribution in [0.1, 0.15) is 99.8 Å². The maximum absolute atomic E-state index is 14.4. The number of allylic oxidation sites excluding steroid dienone is 2. The van der Waals surface area contributed by atoms with Gasteiger partial charge in [-0.1, -0.05) is 52.3 Å². The van der Waals surface area contributed by atoms with Crippen molar-refractivity contribution < 1.29 is 19.5 Å². The summed E-state index contributed by atoms with van der Waals surface area (Å²) in [5.41, 5.74) is 0.659. The average Bonchev–Trinajstić information content (AvgIpc) is 2.82. The number of esters is 1. The number of rotatable bonds is 1. The van der Waals surface area contributed by atoms with Crippen LogP contribution in [0.4, 0.5) is 0 Å². The smallest absolute Gasteiger partial charge is 0.317 e. The molecule has 0 saturated heterocycles. The molecular weight excluding hydrogens is 450 g/mol. The molecule has 0 aromatic carbocycles. The van der Waals surface area contributed by atoms with Crippen molar-refractivity contribution in [2.24, 2.45) is 61.8 Å². The van der Waals surface area contributed by atoms with Crippen LogP contribution in [0.5, 0.6) is 0 Å². The first-order chi connectivity index (χ1) is 16.7. The molecule has 0 aromatic heterocycles. The number of hydrogen-bond acceptors (Lipinski definition) is 5. The fourth-order valence-electron chi connectivity index (χ4n) is 10.8. The molecule has 0 aliphatic heterocycles. The zero-order chi connectivity index (χ0) is 26.5. The molecule has 1 N–H and O–H groups in total. The van der Waals surface area contributed by atoms with E-state index in [2.05, 4.69) is 52.8 Å². The van der Waals surface area contributed by atoms with E-state index >= 15 is 0 Å². The molecule has 200 valence electrons. The molecule has 0 amide bonds. The Morgan fingerprint density at radius 2 is 1.72 bits per heavy atom. The Morgan fingerprint density at radius 3 is 2.36 bits per heavy atom. The molecule has 5 rings (SSSR count). The standard InChI is InChI=1S/C31H47NO4/c1-18-9-12-27(3)15-16-29(5)20(24(27)19(18)2)17-21(33)25-28(4)13-11-23(32-35)31(7,26(34)36-8)22(28)10-14-30(25,29)6/h17-19,22,24-25,35H,9-16H2,1-8H3/b32-23+/t18-,19+,22?,24?,25?,27-,28+,29-,30-,31-/m1/s1. The molecule has 5 nitrogen and oxygen atoms in total. The van der Waals surface area contributed by atoms with Crippen molar-refractivity contribution in [2.45, 2.75) is 99.8 Å². The molecule has 0 heterocycles. The number of ether oxygens (including phenoxy) is 1. The lowest BCUT2D eigenvalue weighted by Gasteiger charge is -2.70. The lowest BCUT2D eigenvalue weighted by atomic mass is 9.33. The van der Waals surface area contributed by atoms with E-state index in [1.54, 1.807) is 0 Å². The van der Waals surface area contributed by atoms with Crippen molar-refractivity contribution >= 4 is 17.5 Å². The van der Waals surface area contributed by atoms with Gasteiger partial charge in [0.05, 0.1) is 12.8 Å². The summed E-state index contributed by atoms with van der Waals surface area (Å²) in [4.78, 5) is 27.6. The Labute approximate surface area is 217 Å². The Hall–Kier alpha value is -1.65. The van der Waals surface area contributed by atoms with Gasteiger partial charge in [-0.05, 0) is 110 Å². The molecule has 5 heteroatoms. The number of hydrogen-bond donors (Lipinski definition) is 1. The summed E-state index contributed by atoms with van der Waals surface area (Å²) in [5, 5.41) is 13.5. The van der Waals surface area contributed by atoms with E-state index in [0.29, 0.717) is 29.9 Å². The van der Waals surface area contributed by atoms with Crippen molar-refractivity contribution in [3.63, 3.8) is 0 Å². The van der Waals surface area contributed by atoms with Gasteiger partial charge in [0.15, 0.2) is 5.78 Å². The second-order valence-electron chi connectivity index (χ2n) is 14.5. The van der Waals surface area contributed by atoms with Crippen LogP contribution in [-0.4, -0.2) is 29.8 Å². The van der Waals surface area contributed by atoms with Gasteiger partial charge in [-0.3, -0.25) is 9.59 Å². The number of fused-ring (bicyclic) bond motifs is 7. The summed E-state index contributed by atoms with van der Waals surface area (Å²) in [6.07, 6.45) is 9.99. The predicted molar refractivity (Wildman–Crippen MR) is 141 cm³/mol. The molecule has 0 radical (unpaired) electrons. The molecule has 4 saturated carbocycles. The van der Waals surface area contributed by atoms with Crippen LogP contribution < -0.4 is 0 Å². The highest BCUT2D eigenvalue weighted by Gasteiger charge is 2.71. The fourth-order valence-corrected chi connectivity index (χ4v) is 10.8. The molecule has 3 unspecified atom stereocenters. The highest BCUT2D eigenvalue weighted by atomic mass is 16.5. The van der Waals surface area contributed by atoms with Gasteiger partial charge < -0.3 is 9.94 Å². The zero-order valence-corrected chi connectivity index (χ0v) is 23.7. The highest BCUT2D eigenvalue weighted by Crippen LogP contribution is 2.75. The lowest BCUT2D eigenvalue weighted by Crippen LogP contribution is -2.67. The van der Waals surface area contributed by atoms with Gasteiger partial charge in [0.2, 0.25) is 0 Å². The van der Waals surface area contributed by atoms with Gasteiger partial charge in [0, 0.05) is 5.92 Å². The quantitative estimate of drug-likeness (QED) is 0.245. The van der Waals surface area contributed by atoms with Crippen LogP contribution in [0.2, 0.25) is 0 Å². The van der Waals surface area contributed by atoms with Crippen LogP contribution in [-0.2, 0) is 14.3 Å². The number of methoxy groups -OCH3 is 1. The molecular formula is C31H47NO4. The van der Waals surface area contributed by atoms with E-state index in [-0.39, 0.29) is 45.2 Å². The van der Waals surface area contributed by atoms with Crippen molar-refractivity contribution in [3.8, 4) is 0 Å². The highest BCUT2D eigenvalue weighted by molar-refractivity contribution is 6.07. The maximum Gasteiger partial charge on any atom is 0.317 e. The number of ketones is 1. The van der Waals surface area contributed by atoms with Crippen molar-refractivity contribution in [1.82, 2.24) is 0 Å². The monoisotopic (exact) mass is 497 g/mol. The van der Waals surface area contributed by atoms with Gasteiger partial charge >= 0.3 is 5.97 Å². The zero-order valence-electron chi connectivity index (χ0n) is 23.7. The van der Waals surface area contributed by atoms with Gasteiger partial charge in [-0.15, -0.1) is 0 Å². The van der Waals surface area contributed by atoms with Gasteiger partial charge in [-0.2, -0.15) is 0 Å². The fraction of sp³-hybridized carbons (Fsp3) is 0.839. The van der Waals surface area contributed by atoms with E-state index in [4.69, 9.17) is 4.74 Å². The molecule has 0 bridgehead atoms. The summed E-state index contributed by atoms with van der Waals surface area (Å²) in [6, 6.07) is 0. The van der Waals surface area contributed by atoms with Crippen molar-refractivity contribution in [1.29, 1.82) is 0 Å². The van der Waals surface area contributed by atoms with E-state index < -0.39 is 5.41 Å². The molecule has 5 aliphatic rings. The van der Waals surface area contributed by atoms with E-state index in [9.17, 15) is 14.8 Å².